The van der Waals surface area contributed by atoms with Crippen molar-refractivity contribution in [3.63, 3.8) is 0 Å². The van der Waals surface area contributed by atoms with Crippen molar-refractivity contribution in [2.75, 3.05) is 27.1 Å². The molecule has 0 fully saturated rings. The number of thiol groups is 1. The molecule has 2 heterocycles. The molecule has 30 heavy (non-hydrogen) atoms. The highest BCUT2D eigenvalue weighted by atomic mass is 32.2. The van der Waals surface area contributed by atoms with E-state index in [1.807, 2.05) is 0 Å². The molecule has 1 aromatic carbocycles. The molecule has 2 aromatic heterocycles. The SMILES string of the molecule is CCNC(=O)N(S)c1cnc2ccc(Nc3ccc(C)c(NS(C)(=O)=O)c3)nc2n1. The minimum Gasteiger partial charge on any atom is -0.340 e. The molecule has 0 saturated heterocycles. The number of nitrogens with zero attached hydrogens (tertiary/aromatic N) is 4. The van der Waals surface area contributed by atoms with Crippen LogP contribution in [0.3, 0.4) is 0 Å². The van der Waals surface area contributed by atoms with Gasteiger partial charge in [0.15, 0.2) is 11.5 Å². The van der Waals surface area contributed by atoms with E-state index in [9.17, 15) is 13.2 Å². The van der Waals surface area contributed by atoms with Crippen LogP contribution in [0.2, 0.25) is 0 Å². The molecule has 0 aliphatic carbocycles. The maximum absolute atomic E-state index is 11.9. The molecule has 0 saturated carbocycles. The molecule has 0 atom stereocenters. The summed E-state index contributed by atoms with van der Waals surface area (Å²) in [5, 5.41) is 5.74. The van der Waals surface area contributed by atoms with E-state index >= 15 is 0 Å². The number of pyridine rings is 1. The number of benzene rings is 1. The van der Waals surface area contributed by atoms with E-state index in [1.165, 1.54) is 6.20 Å². The van der Waals surface area contributed by atoms with E-state index in [0.717, 1.165) is 16.1 Å². The number of amides is 2. The van der Waals surface area contributed by atoms with Gasteiger partial charge in [-0.25, -0.2) is 32.5 Å². The Kier molecular flexibility index (Phi) is 6.27. The van der Waals surface area contributed by atoms with Gasteiger partial charge >= 0.3 is 6.03 Å². The first-order valence-electron chi connectivity index (χ1n) is 8.92. The summed E-state index contributed by atoms with van der Waals surface area (Å²) in [6.07, 6.45) is 2.53. The molecule has 0 bridgehead atoms. The van der Waals surface area contributed by atoms with Crippen LogP contribution in [0.1, 0.15) is 12.5 Å². The molecular formula is C18H21N7O3S2. The second-order valence-corrected chi connectivity index (χ2v) is 8.59. The summed E-state index contributed by atoms with van der Waals surface area (Å²) in [5.74, 6) is 0.711. The number of anilines is 4. The lowest BCUT2D eigenvalue weighted by atomic mass is 10.2. The molecule has 10 nitrogen and oxygen atoms in total. The number of carbonyl (C=O) groups excluding carboxylic acids is 1. The van der Waals surface area contributed by atoms with Crippen LogP contribution in [0.25, 0.3) is 11.2 Å². The van der Waals surface area contributed by atoms with Crippen LogP contribution in [-0.4, -0.2) is 42.2 Å². The van der Waals surface area contributed by atoms with E-state index in [4.69, 9.17) is 0 Å². The summed E-state index contributed by atoms with van der Waals surface area (Å²) in [4.78, 5) is 25.0. The molecule has 0 aliphatic heterocycles. The Morgan fingerprint density at radius 3 is 2.67 bits per heavy atom. The Labute approximate surface area is 179 Å². The highest BCUT2D eigenvalue weighted by Gasteiger charge is 2.14. The third-order valence-corrected chi connectivity index (χ3v) is 4.91. The molecule has 3 aromatic rings. The van der Waals surface area contributed by atoms with Gasteiger partial charge in [0, 0.05) is 12.2 Å². The van der Waals surface area contributed by atoms with E-state index in [1.54, 1.807) is 44.2 Å². The van der Waals surface area contributed by atoms with Crippen molar-refractivity contribution in [1.29, 1.82) is 0 Å². The third kappa shape index (κ3) is 5.27. The monoisotopic (exact) mass is 447 g/mol. The topological polar surface area (TPSA) is 129 Å². The number of carbonyl (C=O) groups is 1. The van der Waals surface area contributed by atoms with Gasteiger partial charge < -0.3 is 10.6 Å². The number of hydrogen-bond donors (Lipinski definition) is 4. The van der Waals surface area contributed by atoms with Crippen molar-refractivity contribution < 1.29 is 13.2 Å². The van der Waals surface area contributed by atoms with Crippen LogP contribution in [0.15, 0.2) is 36.5 Å². The minimum absolute atomic E-state index is 0.233. The number of aromatic nitrogens is 3. The summed E-state index contributed by atoms with van der Waals surface area (Å²) < 4.78 is 26.6. The molecule has 3 N–H and O–H groups in total. The Morgan fingerprint density at radius 2 is 1.97 bits per heavy atom. The summed E-state index contributed by atoms with van der Waals surface area (Å²) >= 11 is 4.15. The maximum Gasteiger partial charge on any atom is 0.333 e. The first-order chi connectivity index (χ1) is 14.2. The predicted octanol–water partition coefficient (Wildman–Crippen LogP) is 2.83. The fraction of sp³-hybridized carbons (Fsp3) is 0.222. The summed E-state index contributed by atoms with van der Waals surface area (Å²) in [6, 6.07) is 8.31. The molecule has 158 valence electrons. The van der Waals surface area contributed by atoms with Gasteiger partial charge in [-0.1, -0.05) is 18.9 Å². The summed E-state index contributed by atoms with van der Waals surface area (Å²) in [5.41, 5.74) is 2.76. The molecule has 0 aliphatic rings. The van der Waals surface area contributed by atoms with Gasteiger partial charge in [0.1, 0.15) is 11.3 Å². The standard InChI is InChI=1S/C18H21N7O3S2/c1-4-19-18(26)25(29)16-10-20-13-7-8-15(22-17(13)23-16)21-12-6-5-11(2)14(9-12)24-30(3,27)28/h5-10,24,29H,4H2,1-3H3,(H,19,26)(H,21,22,23). The molecule has 0 unspecified atom stereocenters. The number of rotatable bonds is 6. The first-order valence-corrected chi connectivity index (χ1v) is 11.2. The average Bonchev–Trinajstić information content (AvgIpc) is 2.68. The summed E-state index contributed by atoms with van der Waals surface area (Å²) in [6.45, 7) is 4.06. The van der Waals surface area contributed by atoms with Gasteiger partial charge in [0.05, 0.1) is 18.1 Å². The molecule has 0 spiro atoms. The second kappa shape index (κ2) is 8.71. The number of nitrogens with one attached hydrogen (secondary N) is 3. The molecule has 3 rings (SSSR count). The largest absolute Gasteiger partial charge is 0.340 e. The highest BCUT2D eigenvalue weighted by Crippen LogP contribution is 2.24. The fourth-order valence-corrected chi connectivity index (χ4v) is 3.33. The van der Waals surface area contributed by atoms with Gasteiger partial charge in [0.25, 0.3) is 0 Å². The van der Waals surface area contributed by atoms with Crippen molar-refractivity contribution >= 4 is 63.0 Å². The Morgan fingerprint density at radius 1 is 1.20 bits per heavy atom. The van der Waals surface area contributed by atoms with Crippen LogP contribution in [0.5, 0.6) is 0 Å². The van der Waals surface area contributed by atoms with Crippen molar-refractivity contribution in [3.05, 3.63) is 42.1 Å². The lowest BCUT2D eigenvalue weighted by Crippen LogP contribution is -2.34. The van der Waals surface area contributed by atoms with E-state index < -0.39 is 16.1 Å². The van der Waals surface area contributed by atoms with Gasteiger partial charge in [-0.15, -0.1) is 0 Å². The molecular weight excluding hydrogens is 426 g/mol. The number of sulfonamides is 1. The van der Waals surface area contributed by atoms with Gasteiger partial charge in [0.2, 0.25) is 10.0 Å². The molecule has 2 amide bonds. The normalized spacial score (nSPS) is 11.2. The van der Waals surface area contributed by atoms with Crippen molar-refractivity contribution in [3.8, 4) is 0 Å². The van der Waals surface area contributed by atoms with Crippen LogP contribution >= 0.6 is 12.8 Å². The Balaban J connectivity index is 1.88. The van der Waals surface area contributed by atoms with E-state index in [-0.39, 0.29) is 5.82 Å². The van der Waals surface area contributed by atoms with Crippen LogP contribution in [0.4, 0.5) is 27.8 Å². The van der Waals surface area contributed by atoms with E-state index in [2.05, 4.69) is 43.1 Å². The molecule has 0 radical (unpaired) electrons. The van der Waals surface area contributed by atoms with Gasteiger partial charge in [-0.05, 0) is 43.7 Å². The van der Waals surface area contributed by atoms with Crippen molar-refractivity contribution in [2.45, 2.75) is 13.8 Å². The number of fused-ring (bicyclic) bond motifs is 1. The smallest absolute Gasteiger partial charge is 0.333 e. The van der Waals surface area contributed by atoms with E-state index in [0.29, 0.717) is 34.9 Å². The van der Waals surface area contributed by atoms with Crippen molar-refractivity contribution in [1.82, 2.24) is 20.3 Å². The number of hydrogen-bond acceptors (Lipinski definition) is 8. The van der Waals surface area contributed by atoms with Gasteiger partial charge in [-0.2, -0.15) is 0 Å². The maximum atomic E-state index is 11.9. The average molecular weight is 448 g/mol. The zero-order chi connectivity index (χ0) is 21.9. The fourth-order valence-electron chi connectivity index (χ4n) is 2.55. The minimum atomic E-state index is -3.40. The Hall–Kier alpha value is -3.12. The van der Waals surface area contributed by atoms with Gasteiger partial charge in [-0.3, -0.25) is 4.72 Å². The lowest BCUT2D eigenvalue weighted by Gasteiger charge is -2.15. The van der Waals surface area contributed by atoms with Crippen LogP contribution in [-0.2, 0) is 10.0 Å². The number of urea groups is 1. The quantitative estimate of drug-likeness (QED) is 0.428. The van der Waals surface area contributed by atoms with Crippen molar-refractivity contribution in [2.24, 2.45) is 0 Å². The molecule has 12 heteroatoms. The zero-order valence-electron chi connectivity index (χ0n) is 16.5. The summed E-state index contributed by atoms with van der Waals surface area (Å²) in [7, 11) is -3.40. The highest BCUT2D eigenvalue weighted by molar-refractivity contribution is 7.92. The second-order valence-electron chi connectivity index (χ2n) is 6.44. The van der Waals surface area contributed by atoms with Crippen LogP contribution < -0.4 is 19.7 Å². The predicted molar refractivity (Wildman–Crippen MR) is 121 cm³/mol. The van der Waals surface area contributed by atoms with Crippen LogP contribution in [0, 0.1) is 6.92 Å². The third-order valence-electron chi connectivity index (χ3n) is 3.94. The number of aryl methyl sites for hydroxylation is 1. The lowest BCUT2D eigenvalue weighted by molar-refractivity contribution is 0.250. The first kappa shape index (κ1) is 21.6. The Bertz CT molecular complexity index is 1200. The zero-order valence-corrected chi connectivity index (χ0v) is 18.3.